The predicted octanol–water partition coefficient (Wildman–Crippen LogP) is 1.06. The smallest absolute Gasteiger partial charge is 0.328 e. The van der Waals surface area contributed by atoms with Gasteiger partial charge in [-0.05, 0) is 37.6 Å². The molecule has 0 aliphatic rings. The summed E-state index contributed by atoms with van der Waals surface area (Å²) in [5.74, 6) is 0.156. The van der Waals surface area contributed by atoms with Crippen molar-refractivity contribution in [1.82, 2.24) is 9.55 Å². The number of aryl methyl sites for hydroxylation is 1. The fourth-order valence-electron chi connectivity index (χ4n) is 2.03. The third-order valence-corrected chi connectivity index (χ3v) is 3.02. The molecule has 0 unspecified atom stereocenters. The Morgan fingerprint density at radius 2 is 1.89 bits per heavy atom. The quantitative estimate of drug-likeness (QED) is 0.790. The summed E-state index contributed by atoms with van der Waals surface area (Å²) in [5.41, 5.74) is 1.77. The summed E-state index contributed by atoms with van der Waals surface area (Å²) in [7, 11) is 1.60. The molecule has 0 saturated heterocycles. The minimum Gasteiger partial charge on any atom is -0.508 e. The largest absolute Gasteiger partial charge is 0.508 e. The van der Waals surface area contributed by atoms with E-state index < -0.39 is 5.69 Å². The van der Waals surface area contributed by atoms with Crippen LogP contribution in [0.15, 0.2) is 27.8 Å². The molecule has 94 valence electrons. The third-order valence-electron chi connectivity index (χ3n) is 3.02. The molecule has 2 aromatic rings. The van der Waals surface area contributed by atoms with Crippen molar-refractivity contribution in [3.05, 3.63) is 50.2 Å². The minimum absolute atomic E-state index is 0.156. The van der Waals surface area contributed by atoms with Crippen LogP contribution in [-0.2, 0) is 7.05 Å². The summed E-state index contributed by atoms with van der Waals surface area (Å²) >= 11 is 0. The molecule has 0 fully saturated rings. The van der Waals surface area contributed by atoms with Gasteiger partial charge in [0.25, 0.3) is 5.56 Å². The second kappa shape index (κ2) is 4.18. The Balaban J connectivity index is 2.87. The van der Waals surface area contributed by atoms with E-state index in [-0.39, 0.29) is 11.3 Å². The van der Waals surface area contributed by atoms with E-state index in [9.17, 15) is 14.7 Å². The van der Waals surface area contributed by atoms with Crippen molar-refractivity contribution in [2.24, 2.45) is 7.05 Å². The molecule has 18 heavy (non-hydrogen) atoms. The molecular weight excluding hydrogens is 232 g/mol. The van der Waals surface area contributed by atoms with E-state index in [0.717, 1.165) is 11.1 Å². The lowest BCUT2D eigenvalue weighted by atomic mass is 10.0. The lowest BCUT2D eigenvalue weighted by molar-refractivity contribution is 0.475. The highest BCUT2D eigenvalue weighted by molar-refractivity contribution is 5.67. The van der Waals surface area contributed by atoms with E-state index in [2.05, 4.69) is 4.98 Å². The minimum atomic E-state index is -0.451. The Hall–Kier alpha value is -2.30. The van der Waals surface area contributed by atoms with Gasteiger partial charge in [-0.2, -0.15) is 0 Å². The molecule has 5 heteroatoms. The van der Waals surface area contributed by atoms with Crippen LogP contribution in [0.4, 0.5) is 0 Å². The van der Waals surface area contributed by atoms with Crippen LogP contribution in [0, 0.1) is 13.8 Å². The first kappa shape index (κ1) is 12.2. The summed E-state index contributed by atoms with van der Waals surface area (Å²) in [6.07, 6.45) is 0. The van der Waals surface area contributed by atoms with Crippen molar-refractivity contribution in [3.63, 3.8) is 0 Å². The summed E-state index contributed by atoms with van der Waals surface area (Å²) in [5, 5.41) is 9.40. The van der Waals surface area contributed by atoms with E-state index in [1.54, 1.807) is 26.1 Å². The first-order chi connectivity index (χ1) is 8.41. The van der Waals surface area contributed by atoms with Gasteiger partial charge in [0.1, 0.15) is 5.75 Å². The maximum absolute atomic E-state index is 11.6. The highest BCUT2D eigenvalue weighted by atomic mass is 16.3. The van der Waals surface area contributed by atoms with Gasteiger partial charge in [-0.15, -0.1) is 0 Å². The molecule has 0 amide bonds. The first-order valence-electron chi connectivity index (χ1n) is 5.51. The fourth-order valence-corrected chi connectivity index (χ4v) is 2.03. The summed E-state index contributed by atoms with van der Waals surface area (Å²) < 4.78 is 1.40. The van der Waals surface area contributed by atoms with Crippen LogP contribution in [0.1, 0.15) is 11.1 Å². The number of nitrogens with one attached hydrogen (secondary N) is 1. The Morgan fingerprint density at radius 3 is 2.50 bits per heavy atom. The zero-order chi connectivity index (χ0) is 13.4. The molecule has 1 aromatic heterocycles. The van der Waals surface area contributed by atoms with Crippen molar-refractivity contribution < 1.29 is 5.11 Å². The molecule has 0 bridgehead atoms. The zero-order valence-electron chi connectivity index (χ0n) is 10.4. The van der Waals surface area contributed by atoms with Crippen molar-refractivity contribution >= 4 is 0 Å². The third kappa shape index (κ3) is 1.84. The van der Waals surface area contributed by atoms with Crippen molar-refractivity contribution in [2.45, 2.75) is 13.8 Å². The topological polar surface area (TPSA) is 75.1 Å². The molecule has 2 N–H and O–H groups in total. The van der Waals surface area contributed by atoms with Crippen LogP contribution in [0.2, 0.25) is 0 Å². The number of phenolic OH excluding ortho intramolecular Hbond substituents is 1. The second-order valence-corrected chi connectivity index (χ2v) is 4.29. The first-order valence-corrected chi connectivity index (χ1v) is 5.51. The maximum atomic E-state index is 11.6. The molecule has 0 radical (unpaired) electrons. The van der Waals surface area contributed by atoms with E-state index in [1.165, 1.54) is 10.6 Å². The number of aromatic hydroxyl groups is 1. The number of rotatable bonds is 1. The SMILES string of the molecule is Cc1cc(O)ccc1-c1c(C)c(=O)[nH]c(=O)n1C. The Bertz CT molecular complexity index is 692. The van der Waals surface area contributed by atoms with E-state index in [1.807, 2.05) is 6.92 Å². The number of benzene rings is 1. The molecule has 0 spiro atoms. The second-order valence-electron chi connectivity index (χ2n) is 4.29. The fraction of sp³-hybridized carbons (Fsp3) is 0.231. The molecule has 0 aliphatic carbocycles. The van der Waals surface area contributed by atoms with Gasteiger partial charge in [-0.3, -0.25) is 14.3 Å². The van der Waals surface area contributed by atoms with E-state index in [4.69, 9.17) is 0 Å². The normalized spacial score (nSPS) is 10.6. The molecule has 0 atom stereocenters. The Labute approximate surface area is 103 Å². The van der Waals surface area contributed by atoms with E-state index >= 15 is 0 Å². The van der Waals surface area contributed by atoms with Crippen molar-refractivity contribution in [2.75, 3.05) is 0 Å². The number of aromatic amines is 1. The lowest BCUT2D eigenvalue weighted by Gasteiger charge is -2.13. The number of aromatic nitrogens is 2. The van der Waals surface area contributed by atoms with Crippen LogP contribution < -0.4 is 11.2 Å². The number of nitrogens with zero attached hydrogens (tertiary/aromatic N) is 1. The van der Waals surface area contributed by atoms with Gasteiger partial charge in [0.05, 0.1) is 5.69 Å². The van der Waals surface area contributed by atoms with Gasteiger partial charge in [0, 0.05) is 18.2 Å². The average Bonchev–Trinajstić information content (AvgIpc) is 2.29. The number of hydrogen-bond acceptors (Lipinski definition) is 3. The van der Waals surface area contributed by atoms with Crippen LogP contribution in [0.3, 0.4) is 0 Å². The van der Waals surface area contributed by atoms with Gasteiger partial charge in [-0.1, -0.05) is 0 Å². The number of H-pyrrole nitrogens is 1. The number of phenols is 1. The average molecular weight is 246 g/mol. The molecule has 2 rings (SSSR count). The number of hydrogen-bond donors (Lipinski definition) is 2. The molecule has 0 saturated carbocycles. The van der Waals surface area contributed by atoms with Gasteiger partial charge < -0.3 is 5.11 Å². The summed E-state index contributed by atoms with van der Waals surface area (Å²) in [4.78, 5) is 25.5. The van der Waals surface area contributed by atoms with Gasteiger partial charge >= 0.3 is 5.69 Å². The molecular formula is C13H14N2O3. The molecule has 1 heterocycles. The zero-order valence-corrected chi connectivity index (χ0v) is 10.4. The summed E-state index contributed by atoms with van der Waals surface area (Å²) in [6, 6.07) is 4.83. The molecule has 0 aliphatic heterocycles. The van der Waals surface area contributed by atoms with Crippen LogP contribution in [-0.4, -0.2) is 14.7 Å². The Kier molecular flexibility index (Phi) is 2.82. The lowest BCUT2D eigenvalue weighted by Crippen LogP contribution is -2.31. The van der Waals surface area contributed by atoms with Crippen LogP contribution in [0.5, 0.6) is 5.75 Å². The standard InChI is InChI=1S/C13H14N2O3/c1-7-6-9(16)4-5-10(7)11-8(2)12(17)14-13(18)15(11)3/h4-6,16H,1-3H3,(H,14,17,18). The van der Waals surface area contributed by atoms with Crippen LogP contribution >= 0.6 is 0 Å². The maximum Gasteiger partial charge on any atom is 0.328 e. The van der Waals surface area contributed by atoms with Gasteiger partial charge in [0.15, 0.2) is 0 Å². The highest BCUT2D eigenvalue weighted by Crippen LogP contribution is 2.26. The predicted molar refractivity (Wildman–Crippen MR) is 68.9 cm³/mol. The molecule has 5 nitrogen and oxygen atoms in total. The van der Waals surface area contributed by atoms with Crippen LogP contribution in [0.25, 0.3) is 11.3 Å². The molecule has 1 aromatic carbocycles. The van der Waals surface area contributed by atoms with Gasteiger partial charge in [-0.25, -0.2) is 4.79 Å². The monoisotopic (exact) mass is 246 g/mol. The Morgan fingerprint density at radius 1 is 1.22 bits per heavy atom. The van der Waals surface area contributed by atoms with Crippen molar-refractivity contribution in [1.29, 1.82) is 0 Å². The summed E-state index contributed by atoms with van der Waals surface area (Å²) in [6.45, 7) is 3.49. The van der Waals surface area contributed by atoms with Gasteiger partial charge in [0.2, 0.25) is 0 Å². The van der Waals surface area contributed by atoms with Crippen molar-refractivity contribution in [3.8, 4) is 17.0 Å². The highest BCUT2D eigenvalue weighted by Gasteiger charge is 2.13. The van der Waals surface area contributed by atoms with E-state index in [0.29, 0.717) is 11.3 Å².